The fourth-order valence-corrected chi connectivity index (χ4v) is 4.33. The fourth-order valence-electron chi connectivity index (χ4n) is 4.33. The van der Waals surface area contributed by atoms with Crippen molar-refractivity contribution in [3.8, 4) is 0 Å². The van der Waals surface area contributed by atoms with E-state index in [-0.39, 0.29) is 17.9 Å². The number of halogens is 3. The van der Waals surface area contributed by atoms with Crippen LogP contribution in [0.5, 0.6) is 0 Å². The minimum atomic E-state index is -4.39. The van der Waals surface area contributed by atoms with Crippen LogP contribution in [0, 0.1) is 0 Å². The van der Waals surface area contributed by atoms with Gasteiger partial charge >= 0.3 is 6.18 Å². The van der Waals surface area contributed by atoms with Crippen LogP contribution in [-0.2, 0) is 23.9 Å². The summed E-state index contributed by atoms with van der Waals surface area (Å²) in [5.41, 5.74) is 0.916. The first kappa shape index (κ1) is 24.7. The fraction of sp³-hybridized carbons (Fsp3) is 0.500. The van der Waals surface area contributed by atoms with Crippen molar-refractivity contribution < 1.29 is 22.8 Å². The Morgan fingerprint density at radius 2 is 1.86 bits per heavy atom. The minimum absolute atomic E-state index is 0.0132. The molecule has 0 atom stereocenters. The van der Waals surface area contributed by atoms with Gasteiger partial charge in [-0.25, -0.2) is 4.98 Å². The Balaban J connectivity index is 1.55. The topological polar surface area (TPSA) is 81.7 Å². The Hall–Kier alpha value is -3.37. The number of nitrogens with zero attached hydrogens (tertiary/aromatic N) is 5. The van der Waals surface area contributed by atoms with Crippen LogP contribution in [0.3, 0.4) is 0 Å². The first-order chi connectivity index (χ1) is 16.5. The molecule has 3 heterocycles. The molecule has 1 aromatic carbocycles. The summed E-state index contributed by atoms with van der Waals surface area (Å²) < 4.78 is 39.1. The highest BCUT2D eigenvalue weighted by molar-refractivity contribution is 5.98. The van der Waals surface area contributed by atoms with Crippen LogP contribution in [0.15, 0.2) is 24.3 Å². The molecule has 0 bridgehead atoms. The van der Waals surface area contributed by atoms with E-state index < -0.39 is 11.7 Å². The third kappa shape index (κ3) is 5.33. The second kappa shape index (κ2) is 9.71. The zero-order valence-electron chi connectivity index (χ0n) is 20.0. The molecule has 8 nitrogen and oxygen atoms in total. The number of nitrogens with one attached hydrogen (secondary N) is 1. The van der Waals surface area contributed by atoms with Gasteiger partial charge in [0.25, 0.3) is 5.91 Å². The van der Waals surface area contributed by atoms with Gasteiger partial charge in [-0.2, -0.15) is 18.2 Å². The zero-order valence-corrected chi connectivity index (χ0v) is 20.0. The standard InChI is InChI=1S/C24H29F3N6O2/c1-15(2)33-14-19-20(22(33)35)29-23(32-11-9-31(10-12-32)16(3)34)30-21(19)28-8-7-17-5-4-6-18(13-17)24(25,26)27/h4-6,13,15H,7-12,14H2,1-3H3,(H,28,29,30). The molecule has 188 valence electrons. The number of fused-ring (bicyclic) bond motifs is 1. The molecular weight excluding hydrogens is 461 g/mol. The van der Waals surface area contributed by atoms with Crippen molar-refractivity contribution in [2.75, 3.05) is 42.9 Å². The van der Waals surface area contributed by atoms with E-state index >= 15 is 0 Å². The van der Waals surface area contributed by atoms with Crippen LogP contribution in [-0.4, -0.2) is 70.3 Å². The molecule has 11 heteroatoms. The van der Waals surface area contributed by atoms with Crippen molar-refractivity contribution in [2.45, 2.75) is 46.0 Å². The molecule has 2 amide bonds. The third-order valence-electron chi connectivity index (χ3n) is 6.38. The van der Waals surface area contributed by atoms with E-state index in [0.717, 1.165) is 12.1 Å². The first-order valence-corrected chi connectivity index (χ1v) is 11.7. The molecule has 1 fully saturated rings. The Bertz CT molecular complexity index is 1110. The highest BCUT2D eigenvalue weighted by Gasteiger charge is 2.35. The minimum Gasteiger partial charge on any atom is -0.369 e. The Morgan fingerprint density at radius 3 is 2.49 bits per heavy atom. The quantitative estimate of drug-likeness (QED) is 0.670. The molecule has 35 heavy (non-hydrogen) atoms. The molecule has 0 unspecified atom stereocenters. The summed E-state index contributed by atoms with van der Waals surface area (Å²) in [7, 11) is 0. The molecule has 2 aromatic rings. The van der Waals surface area contributed by atoms with Gasteiger partial charge in [0.15, 0.2) is 0 Å². The van der Waals surface area contributed by atoms with Crippen molar-refractivity contribution in [2.24, 2.45) is 0 Å². The number of alkyl halides is 3. The third-order valence-corrected chi connectivity index (χ3v) is 6.38. The van der Waals surface area contributed by atoms with Crippen molar-refractivity contribution in [3.63, 3.8) is 0 Å². The van der Waals surface area contributed by atoms with Crippen molar-refractivity contribution in [3.05, 3.63) is 46.6 Å². The maximum atomic E-state index is 13.0. The van der Waals surface area contributed by atoms with Gasteiger partial charge < -0.3 is 20.0 Å². The van der Waals surface area contributed by atoms with Crippen LogP contribution in [0.25, 0.3) is 0 Å². The SMILES string of the molecule is CC(=O)N1CCN(c2nc(NCCc3cccc(C(F)(F)F)c3)c3c(n2)C(=O)N(C(C)C)C3)CC1. The predicted molar refractivity (Wildman–Crippen MR) is 125 cm³/mol. The van der Waals surface area contributed by atoms with Gasteiger partial charge in [0.05, 0.1) is 12.1 Å². The van der Waals surface area contributed by atoms with E-state index in [1.54, 1.807) is 15.9 Å². The zero-order chi connectivity index (χ0) is 25.3. The highest BCUT2D eigenvalue weighted by Crippen LogP contribution is 2.31. The van der Waals surface area contributed by atoms with E-state index in [2.05, 4.69) is 10.3 Å². The second-order valence-electron chi connectivity index (χ2n) is 9.09. The number of rotatable bonds is 6. The van der Waals surface area contributed by atoms with Gasteiger partial charge in [0.2, 0.25) is 11.9 Å². The second-order valence-corrected chi connectivity index (χ2v) is 9.09. The van der Waals surface area contributed by atoms with E-state index in [1.165, 1.54) is 13.0 Å². The number of aromatic nitrogens is 2. The molecule has 0 saturated carbocycles. The molecular formula is C24H29F3N6O2. The summed E-state index contributed by atoms with van der Waals surface area (Å²) in [6, 6.07) is 5.25. The number of piperazine rings is 1. The summed E-state index contributed by atoms with van der Waals surface area (Å²) in [5.74, 6) is 0.774. The van der Waals surface area contributed by atoms with E-state index in [1.807, 2.05) is 18.7 Å². The molecule has 2 aliphatic heterocycles. The molecule has 4 rings (SSSR count). The average Bonchev–Trinajstić information content (AvgIpc) is 3.16. The largest absolute Gasteiger partial charge is 0.416 e. The number of hydrogen-bond acceptors (Lipinski definition) is 6. The number of benzene rings is 1. The molecule has 1 saturated heterocycles. The summed E-state index contributed by atoms with van der Waals surface area (Å²) in [6.45, 7) is 8.29. The lowest BCUT2D eigenvalue weighted by atomic mass is 10.1. The van der Waals surface area contributed by atoms with Crippen molar-refractivity contribution in [1.29, 1.82) is 0 Å². The molecule has 1 aromatic heterocycles. The van der Waals surface area contributed by atoms with Crippen LogP contribution in [0.4, 0.5) is 24.9 Å². The molecule has 0 spiro atoms. The molecule has 1 N–H and O–H groups in total. The van der Waals surface area contributed by atoms with E-state index in [0.29, 0.717) is 74.3 Å². The number of amides is 2. The summed E-state index contributed by atoms with van der Waals surface area (Å²) in [4.78, 5) is 39.4. The van der Waals surface area contributed by atoms with E-state index in [4.69, 9.17) is 4.98 Å². The maximum Gasteiger partial charge on any atom is 0.416 e. The van der Waals surface area contributed by atoms with Gasteiger partial charge in [-0.1, -0.05) is 18.2 Å². The summed E-state index contributed by atoms with van der Waals surface area (Å²) >= 11 is 0. The van der Waals surface area contributed by atoms with Gasteiger partial charge in [0.1, 0.15) is 11.5 Å². The average molecular weight is 491 g/mol. The van der Waals surface area contributed by atoms with Crippen molar-refractivity contribution in [1.82, 2.24) is 19.8 Å². The number of carbonyl (C=O) groups excluding carboxylic acids is 2. The van der Waals surface area contributed by atoms with Crippen molar-refractivity contribution >= 4 is 23.6 Å². The van der Waals surface area contributed by atoms with E-state index in [9.17, 15) is 22.8 Å². The van der Waals surface area contributed by atoms with Crippen LogP contribution < -0.4 is 10.2 Å². The lowest BCUT2D eigenvalue weighted by Crippen LogP contribution is -2.48. The van der Waals surface area contributed by atoms with Gasteiger partial charge in [-0.15, -0.1) is 0 Å². The lowest BCUT2D eigenvalue weighted by Gasteiger charge is -2.34. The summed E-state index contributed by atoms with van der Waals surface area (Å²) in [5, 5.41) is 3.24. The normalized spacial score (nSPS) is 16.2. The van der Waals surface area contributed by atoms with Crippen LogP contribution in [0.2, 0.25) is 0 Å². The molecule has 2 aliphatic rings. The monoisotopic (exact) mass is 490 g/mol. The van der Waals surface area contributed by atoms with Crippen LogP contribution >= 0.6 is 0 Å². The highest BCUT2D eigenvalue weighted by atomic mass is 19.4. The lowest BCUT2D eigenvalue weighted by molar-refractivity contribution is -0.137. The van der Waals surface area contributed by atoms with Gasteiger partial charge in [-0.05, 0) is 31.9 Å². The van der Waals surface area contributed by atoms with Gasteiger partial charge in [-0.3, -0.25) is 9.59 Å². The Morgan fingerprint density at radius 1 is 1.14 bits per heavy atom. The Labute approximate surface area is 202 Å². The number of hydrogen-bond donors (Lipinski definition) is 1. The predicted octanol–water partition coefficient (Wildman–Crippen LogP) is 3.18. The van der Waals surface area contributed by atoms with Gasteiger partial charge in [0, 0.05) is 51.3 Å². The molecule has 0 aliphatic carbocycles. The summed E-state index contributed by atoms with van der Waals surface area (Å²) in [6.07, 6.45) is -4.03. The number of anilines is 2. The number of carbonyl (C=O) groups is 2. The van der Waals surface area contributed by atoms with Crippen LogP contribution in [0.1, 0.15) is 48.0 Å². The molecule has 0 radical (unpaired) electrons. The maximum absolute atomic E-state index is 13.0. The Kier molecular flexibility index (Phi) is 6.86. The first-order valence-electron chi connectivity index (χ1n) is 11.7. The smallest absolute Gasteiger partial charge is 0.369 e.